The van der Waals surface area contributed by atoms with Gasteiger partial charge in [0, 0.05) is 6.04 Å². The van der Waals surface area contributed by atoms with Crippen LogP contribution in [0.5, 0.6) is 5.75 Å². The topological polar surface area (TPSA) is 43.7 Å². The number of hydrogen-bond acceptors (Lipinski definition) is 3. The molecule has 2 unspecified atom stereocenters. The minimum absolute atomic E-state index is 0.156. The van der Waals surface area contributed by atoms with E-state index in [0.717, 1.165) is 18.7 Å². The second-order valence-electron chi connectivity index (χ2n) is 4.17. The van der Waals surface area contributed by atoms with Gasteiger partial charge in [0.25, 0.3) is 0 Å². The van der Waals surface area contributed by atoms with E-state index in [2.05, 4.69) is 4.90 Å². The summed E-state index contributed by atoms with van der Waals surface area (Å²) in [7, 11) is 0. The second-order valence-corrected chi connectivity index (χ2v) is 4.17. The maximum atomic E-state index is 10.1. The third-order valence-corrected chi connectivity index (χ3v) is 3.16. The summed E-state index contributed by atoms with van der Waals surface area (Å²) in [6.45, 7) is 4.20. The van der Waals surface area contributed by atoms with Crippen LogP contribution < -0.4 is 0 Å². The molecule has 0 saturated carbocycles. The Morgan fingerprint density at radius 2 is 1.80 bits per heavy atom. The maximum Gasteiger partial charge on any atom is 0.115 e. The lowest BCUT2D eigenvalue weighted by molar-refractivity contribution is 0.0239. The van der Waals surface area contributed by atoms with E-state index in [1.54, 1.807) is 24.3 Å². The first-order valence-electron chi connectivity index (χ1n) is 5.39. The molecule has 82 valence electrons. The van der Waals surface area contributed by atoms with Gasteiger partial charge in [-0.3, -0.25) is 4.90 Å². The highest BCUT2D eigenvalue weighted by molar-refractivity contribution is 5.27. The number of phenols is 1. The van der Waals surface area contributed by atoms with Crippen molar-refractivity contribution in [2.45, 2.75) is 25.5 Å². The van der Waals surface area contributed by atoms with Gasteiger partial charge in [0.1, 0.15) is 5.75 Å². The Labute approximate surface area is 90.0 Å². The molecule has 2 rings (SSSR count). The van der Waals surface area contributed by atoms with Gasteiger partial charge in [-0.15, -0.1) is 0 Å². The normalized spacial score (nSPS) is 20.7. The van der Waals surface area contributed by atoms with Gasteiger partial charge in [-0.25, -0.2) is 0 Å². The van der Waals surface area contributed by atoms with Gasteiger partial charge in [0.2, 0.25) is 0 Å². The molecule has 3 nitrogen and oxygen atoms in total. The van der Waals surface area contributed by atoms with Crippen molar-refractivity contribution >= 4 is 0 Å². The lowest BCUT2D eigenvalue weighted by Gasteiger charge is -2.38. The van der Waals surface area contributed by atoms with Crippen LogP contribution in [0.4, 0.5) is 0 Å². The molecule has 0 amide bonds. The summed E-state index contributed by atoms with van der Waals surface area (Å²) >= 11 is 0. The average Bonchev–Trinajstić information content (AvgIpc) is 2.15. The number of nitrogens with zero attached hydrogens (tertiary/aromatic N) is 1. The van der Waals surface area contributed by atoms with Gasteiger partial charge in [-0.2, -0.15) is 0 Å². The first-order valence-corrected chi connectivity index (χ1v) is 5.39. The average molecular weight is 207 g/mol. The van der Waals surface area contributed by atoms with Crippen molar-refractivity contribution in [1.29, 1.82) is 0 Å². The second kappa shape index (κ2) is 4.21. The number of benzene rings is 1. The fourth-order valence-corrected chi connectivity index (χ4v) is 1.90. The Morgan fingerprint density at radius 1 is 1.20 bits per heavy atom. The van der Waals surface area contributed by atoms with Crippen LogP contribution >= 0.6 is 0 Å². The standard InChI is InChI=1S/C12H17NO2/c1-9(13-7-2-8-13)12(15)10-3-5-11(14)6-4-10/h3-6,9,12,14-15H,2,7-8H2,1H3. The molecule has 1 aromatic carbocycles. The summed E-state index contributed by atoms with van der Waals surface area (Å²) in [6.07, 6.45) is 0.762. The van der Waals surface area contributed by atoms with Gasteiger partial charge in [-0.05, 0) is 44.1 Å². The van der Waals surface area contributed by atoms with Crippen molar-refractivity contribution in [2.24, 2.45) is 0 Å². The number of hydrogen-bond donors (Lipinski definition) is 2. The monoisotopic (exact) mass is 207 g/mol. The van der Waals surface area contributed by atoms with Crippen molar-refractivity contribution in [3.63, 3.8) is 0 Å². The van der Waals surface area contributed by atoms with Gasteiger partial charge in [0.15, 0.2) is 0 Å². The maximum absolute atomic E-state index is 10.1. The number of likely N-dealkylation sites (tertiary alicyclic amines) is 1. The number of aliphatic hydroxyl groups excluding tert-OH is 1. The van der Waals surface area contributed by atoms with Crippen molar-refractivity contribution < 1.29 is 10.2 Å². The molecule has 1 aliphatic rings. The van der Waals surface area contributed by atoms with Crippen LogP contribution in [0.2, 0.25) is 0 Å². The summed E-state index contributed by atoms with van der Waals surface area (Å²) in [5.41, 5.74) is 0.868. The smallest absolute Gasteiger partial charge is 0.115 e. The van der Waals surface area contributed by atoms with Crippen LogP contribution in [0.3, 0.4) is 0 Å². The van der Waals surface area contributed by atoms with E-state index in [-0.39, 0.29) is 11.8 Å². The third kappa shape index (κ3) is 2.13. The first kappa shape index (κ1) is 10.5. The van der Waals surface area contributed by atoms with E-state index in [0.29, 0.717) is 0 Å². The molecule has 0 spiro atoms. The van der Waals surface area contributed by atoms with Crippen LogP contribution in [0.1, 0.15) is 25.0 Å². The quantitative estimate of drug-likeness (QED) is 0.789. The molecule has 3 heteroatoms. The summed E-state index contributed by atoms with van der Waals surface area (Å²) in [6, 6.07) is 6.93. The molecular weight excluding hydrogens is 190 g/mol. The third-order valence-electron chi connectivity index (χ3n) is 3.16. The molecule has 0 aliphatic carbocycles. The predicted molar refractivity (Wildman–Crippen MR) is 58.7 cm³/mol. The molecule has 2 atom stereocenters. The van der Waals surface area contributed by atoms with E-state index in [1.807, 2.05) is 6.92 Å². The summed E-state index contributed by atoms with van der Waals surface area (Å²) in [4.78, 5) is 2.26. The minimum Gasteiger partial charge on any atom is -0.508 e. The Hall–Kier alpha value is -1.06. The molecule has 0 bridgehead atoms. The summed E-state index contributed by atoms with van der Waals surface area (Å²) < 4.78 is 0. The van der Waals surface area contributed by atoms with Gasteiger partial charge >= 0.3 is 0 Å². The Kier molecular flexibility index (Phi) is 2.93. The first-order chi connectivity index (χ1) is 7.18. The molecule has 1 fully saturated rings. The van der Waals surface area contributed by atoms with E-state index >= 15 is 0 Å². The number of aliphatic hydroxyl groups is 1. The molecule has 2 N–H and O–H groups in total. The van der Waals surface area contributed by atoms with Crippen molar-refractivity contribution in [3.05, 3.63) is 29.8 Å². The summed E-state index contributed by atoms with van der Waals surface area (Å²) in [5.74, 6) is 0.238. The Morgan fingerprint density at radius 3 is 2.27 bits per heavy atom. The highest BCUT2D eigenvalue weighted by atomic mass is 16.3. The van der Waals surface area contributed by atoms with E-state index in [9.17, 15) is 5.11 Å². The highest BCUT2D eigenvalue weighted by Crippen LogP contribution is 2.25. The molecular formula is C12H17NO2. The fourth-order valence-electron chi connectivity index (χ4n) is 1.90. The number of rotatable bonds is 3. The van der Waals surface area contributed by atoms with E-state index in [1.165, 1.54) is 6.42 Å². The summed E-state index contributed by atoms with van der Waals surface area (Å²) in [5, 5.41) is 19.2. The Bertz CT molecular complexity index is 319. The molecule has 0 radical (unpaired) electrons. The lowest BCUT2D eigenvalue weighted by Crippen LogP contribution is -2.46. The number of phenolic OH excluding ortho intramolecular Hbond substituents is 1. The molecule has 0 aromatic heterocycles. The predicted octanol–water partition coefficient (Wildman–Crippen LogP) is 1.52. The fraction of sp³-hybridized carbons (Fsp3) is 0.500. The largest absolute Gasteiger partial charge is 0.508 e. The van der Waals surface area contributed by atoms with Crippen LogP contribution in [0, 0.1) is 0 Å². The van der Waals surface area contributed by atoms with Crippen LogP contribution in [0.25, 0.3) is 0 Å². The van der Waals surface area contributed by atoms with Crippen molar-refractivity contribution in [2.75, 3.05) is 13.1 Å². The molecule has 1 heterocycles. The van der Waals surface area contributed by atoms with Crippen molar-refractivity contribution in [1.82, 2.24) is 4.90 Å². The zero-order chi connectivity index (χ0) is 10.8. The zero-order valence-corrected chi connectivity index (χ0v) is 8.93. The van der Waals surface area contributed by atoms with E-state index < -0.39 is 6.10 Å². The Balaban J connectivity index is 2.05. The minimum atomic E-state index is -0.467. The SMILES string of the molecule is CC(C(O)c1ccc(O)cc1)N1CCC1. The van der Waals surface area contributed by atoms with Crippen LogP contribution in [0.15, 0.2) is 24.3 Å². The molecule has 1 saturated heterocycles. The molecule has 1 aliphatic heterocycles. The van der Waals surface area contributed by atoms with Gasteiger partial charge < -0.3 is 10.2 Å². The lowest BCUT2D eigenvalue weighted by atomic mass is 10.00. The van der Waals surface area contributed by atoms with Gasteiger partial charge in [-0.1, -0.05) is 12.1 Å². The molecule has 1 aromatic rings. The van der Waals surface area contributed by atoms with E-state index in [4.69, 9.17) is 5.11 Å². The van der Waals surface area contributed by atoms with Crippen LogP contribution in [-0.2, 0) is 0 Å². The highest BCUT2D eigenvalue weighted by Gasteiger charge is 2.26. The number of aromatic hydroxyl groups is 1. The van der Waals surface area contributed by atoms with Crippen molar-refractivity contribution in [3.8, 4) is 5.75 Å². The molecule has 15 heavy (non-hydrogen) atoms. The zero-order valence-electron chi connectivity index (χ0n) is 8.93. The van der Waals surface area contributed by atoms with Gasteiger partial charge in [0.05, 0.1) is 6.10 Å². The van der Waals surface area contributed by atoms with Crippen LogP contribution in [-0.4, -0.2) is 34.2 Å².